The summed E-state index contributed by atoms with van der Waals surface area (Å²) < 4.78 is 0. The molecule has 0 aliphatic carbocycles. The molecule has 0 radical (unpaired) electrons. The molecule has 2 aromatic carbocycles. The summed E-state index contributed by atoms with van der Waals surface area (Å²) >= 11 is 0. The van der Waals surface area contributed by atoms with Gasteiger partial charge in [0.2, 0.25) is 5.91 Å². The first-order valence-electron chi connectivity index (χ1n) is 8.51. The number of hydrogen-bond donors (Lipinski definition) is 1. The summed E-state index contributed by atoms with van der Waals surface area (Å²) in [4.78, 5) is 16.6. The highest BCUT2D eigenvalue weighted by Crippen LogP contribution is 2.37. The van der Waals surface area contributed by atoms with Crippen molar-refractivity contribution in [2.24, 2.45) is 5.73 Å². The van der Waals surface area contributed by atoms with Gasteiger partial charge in [-0.05, 0) is 30.2 Å². The van der Waals surface area contributed by atoms with E-state index in [2.05, 4.69) is 23.1 Å². The smallest absolute Gasteiger partial charge is 0.242 e. The number of likely N-dealkylation sites (N-methyl/N-ethyl adjacent to an activating group) is 1. The van der Waals surface area contributed by atoms with E-state index in [1.807, 2.05) is 43.4 Å². The molecule has 1 atom stereocenters. The molecule has 0 spiro atoms. The fourth-order valence-electron chi connectivity index (χ4n) is 3.41. The molecule has 0 fully saturated rings. The SMILES string of the molecule is CN(Cc1ccccc1)C(=O)CN1CC(CCN)c2ccccc21. The van der Waals surface area contributed by atoms with Crippen LogP contribution < -0.4 is 10.6 Å². The van der Waals surface area contributed by atoms with Crippen molar-refractivity contribution < 1.29 is 4.79 Å². The van der Waals surface area contributed by atoms with Crippen molar-refractivity contribution in [2.75, 3.05) is 31.6 Å². The Hall–Kier alpha value is -2.33. The van der Waals surface area contributed by atoms with E-state index in [0.29, 0.717) is 25.6 Å². The molecular formula is C20H25N3O. The van der Waals surface area contributed by atoms with Crippen LogP contribution in [0, 0.1) is 0 Å². The van der Waals surface area contributed by atoms with E-state index in [4.69, 9.17) is 5.73 Å². The minimum absolute atomic E-state index is 0.141. The van der Waals surface area contributed by atoms with Gasteiger partial charge in [-0.2, -0.15) is 0 Å². The Labute approximate surface area is 143 Å². The maximum absolute atomic E-state index is 12.6. The highest BCUT2D eigenvalue weighted by molar-refractivity contribution is 5.82. The summed E-state index contributed by atoms with van der Waals surface area (Å²) in [6, 6.07) is 18.5. The highest BCUT2D eigenvalue weighted by atomic mass is 16.2. The maximum Gasteiger partial charge on any atom is 0.242 e. The zero-order valence-electron chi connectivity index (χ0n) is 14.2. The van der Waals surface area contributed by atoms with Gasteiger partial charge in [0, 0.05) is 31.7 Å². The molecule has 24 heavy (non-hydrogen) atoms. The van der Waals surface area contributed by atoms with Crippen molar-refractivity contribution >= 4 is 11.6 Å². The molecule has 0 bridgehead atoms. The van der Waals surface area contributed by atoms with Gasteiger partial charge >= 0.3 is 0 Å². The second kappa shape index (κ2) is 7.49. The summed E-state index contributed by atoms with van der Waals surface area (Å²) in [5, 5.41) is 0. The molecule has 1 aliphatic heterocycles. The van der Waals surface area contributed by atoms with Gasteiger partial charge in [-0.25, -0.2) is 0 Å². The minimum Gasteiger partial charge on any atom is -0.361 e. The largest absolute Gasteiger partial charge is 0.361 e. The van der Waals surface area contributed by atoms with Crippen LogP contribution in [0.25, 0.3) is 0 Å². The van der Waals surface area contributed by atoms with E-state index < -0.39 is 0 Å². The predicted molar refractivity (Wildman–Crippen MR) is 98.0 cm³/mol. The van der Waals surface area contributed by atoms with Crippen LogP contribution in [0.3, 0.4) is 0 Å². The lowest BCUT2D eigenvalue weighted by Gasteiger charge is -2.24. The Morgan fingerprint density at radius 2 is 1.88 bits per heavy atom. The second-order valence-electron chi connectivity index (χ2n) is 6.45. The molecule has 2 N–H and O–H groups in total. The van der Waals surface area contributed by atoms with Gasteiger partial charge in [-0.1, -0.05) is 48.5 Å². The fourth-order valence-corrected chi connectivity index (χ4v) is 3.41. The number of carbonyl (C=O) groups excluding carboxylic acids is 1. The van der Waals surface area contributed by atoms with Crippen LogP contribution in [0.15, 0.2) is 54.6 Å². The summed E-state index contributed by atoms with van der Waals surface area (Å²) in [6.07, 6.45) is 0.960. The minimum atomic E-state index is 0.141. The van der Waals surface area contributed by atoms with Gasteiger partial charge in [0.05, 0.1) is 6.54 Å². The molecule has 4 nitrogen and oxygen atoms in total. The Balaban J connectivity index is 1.66. The van der Waals surface area contributed by atoms with Gasteiger partial charge in [0.1, 0.15) is 0 Å². The molecule has 1 unspecified atom stereocenters. The lowest BCUT2D eigenvalue weighted by Crippen LogP contribution is -2.37. The summed E-state index contributed by atoms with van der Waals surface area (Å²) in [7, 11) is 1.87. The molecule has 2 aromatic rings. The molecular weight excluding hydrogens is 298 g/mol. The van der Waals surface area contributed by atoms with Crippen molar-refractivity contribution in [3.8, 4) is 0 Å². The number of rotatable bonds is 6. The first kappa shape index (κ1) is 16.5. The zero-order chi connectivity index (χ0) is 16.9. The number of fused-ring (bicyclic) bond motifs is 1. The van der Waals surface area contributed by atoms with Crippen molar-refractivity contribution in [2.45, 2.75) is 18.9 Å². The Morgan fingerprint density at radius 1 is 1.17 bits per heavy atom. The Bertz CT molecular complexity index is 686. The molecule has 1 aliphatic rings. The van der Waals surface area contributed by atoms with Gasteiger partial charge in [-0.3, -0.25) is 4.79 Å². The van der Waals surface area contributed by atoms with Crippen LogP contribution in [-0.4, -0.2) is 37.5 Å². The number of para-hydroxylation sites is 1. The number of hydrogen-bond acceptors (Lipinski definition) is 3. The van der Waals surface area contributed by atoms with E-state index in [0.717, 1.165) is 18.5 Å². The highest BCUT2D eigenvalue weighted by Gasteiger charge is 2.29. The van der Waals surface area contributed by atoms with Crippen molar-refractivity contribution in [1.82, 2.24) is 4.90 Å². The van der Waals surface area contributed by atoms with Crippen molar-refractivity contribution in [3.63, 3.8) is 0 Å². The molecule has 0 aromatic heterocycles. The average molecular weight is 323 g/mol. The van der Waals surface area contributed by atoms with E-state index in [1.165, 1.54) is 11.3 Å². The van der Waals surface area contributed by atoms with Crippen molar-refractivity contribution in [1.29, 1.82) is 0 Å². The number of amides is 1. The summed E-state index contributed by atoms with van der Waals surface area (Å²) in [5.74, 6) is 0.570. The summed E-state index contributed by atoms with van der Waals surface area (Å²) in [6.45, 7) is 2.61. The third-order valence-electron chi connectivity index (χ3n) is 4.69. The Morgan fingerprint density at radius 3 is 2.62 bits per heavy atom. The molecule has 4 heteroatoms. The number of nitrogens with zero attached hydrogens (tertiary/aromatic N) is 2. The molecule has 126 valence electrons. The van der Waals surface area contributed by atoms with E-state index in [9.17, 15) is 4.79 Å². The fraction of sp³-hybridized carbons (Fsp3) is 0.350. The second-order valence-corrected chi connectivity index (χ2v) is 6.45. The normalized spacial score (nSPS) is 16.1. The first-order valence-corrected chi connectivity index (χ1v) is 8.51. The predicted octanol–water partition coefficient (Wildman–Crippen LogP) is 2.60. The lowest BCUT2D eigenvalue weighted by atomic mass is 9.98. The molecule has 1 heterocycles. The van der Waals surface area contributed by atoms with Crippen LogP contribution in [0.5, 0.6) is 0 Å². The first-order chi connectivity index (χ1) is 11.7. The standard InChI is InChI=1S/C20H25N3O/c1-22(13-16-7-3-2-4-8-16)20(24)15-23-14-17(11-12-21)18-9-5-6-10-19(18)23/h2-10,17H,11-15,21H2,1H3. The molecule has 0 saturated heterocycles. The lowest BCUT2D eigenvalue weighted by molar-refractivity contribution is -0.128. The number of benzene rings is 2. The van der Waals surface area contributed by atoms with Gasteiger partial charge in [0.25, 0.3) is 0 Å². The van der Waals surface area contributed by atoms with Crippen LogP contribution in [-0.2, 0) is 11.3 Å². The maximum atomic E-state index is 12.6. The van der Waals surface area contributed by atoms with E-state index in [-0.39, 0.29) is 5.91 Å². The quantitative estimate of drug-likeness (QED) is 0.889. The third-order valence-corrected chi connectivity index (χ3v) is 4.69. The van der Waals surface area contributed by atoms with E-state index >= 15 is 0 Å². The van der Waals surface area contributed by atoms with Crippen LogP contribution in [0.1, 0.15) is 23.5 Å². The van der Waals surface area contributed by atoms with Crippen LogP contribution in [0.4, 0.5) is 5.69 Å². The molecule has 1 amide bonds. The number of carbonyl (C=O) groups is 1. The number of nitrogens with two attached hydrogens (primary N) is 1. The van der Waals surface area contributed by atoms with Crippen LogP contribution in [0.2, 0.25) is 0 Å². The third kappa shape index (κ3) is 3.60. The number of anilines is 1. The van der Waals surface area contributed by atoms with Crippen molar-refractivity contribution in [3.05, 3.63) is 65.7 Å². The van der Waals surface area contributed by atoms with Gasteiger partial charge < -0.3 is 15.5 Å². The van der Waals surface area contributed by atoms with Gasteiger partial charge in [-0.15, -0.1) is 0 Å². The van der Waals surface area contributed by atoms with Gasteiger partial charge in [0.15, 0.2) is 0 Å². The summed E-state index contributed by atoms with van der Waals surface area (Å²) in [5.41, 5.74) is 9.40. The van der Waals surface area contributed by atoms with Crippen LogP contribution >= 0.6 is 0 Å². The van der Waals surface area contributed by atoms with E-state index in [1.54, 1.807) is 4.90 Å². The Kier molecular flexibility index (Phi) is 5.16. The molecule has 3 rings (SSSR count). The molecule has 0 saturated carbocycles. The average Bonchev–Trinajstić information content (AvgIpc) is 2.94. The zero-order valence-corrected chi connectivity index (χ0v) is 14.2. The monoisotopic (exact) mass is 323 g/mol. The topological polar surface area (TPSA) is 49.6 Å².